The molecule has 0 aliphatic carbocycles. The van der Waals surface area contributed by atoms with E-state index in [1.54, 1.807) is 18.2 Å². The van der Waals surface area contributed by atoms with Gasteiger partial charge in [0, 0.05) is 10.0 Å². The van der Waals surface area contributed by atoms with Gasteiger partial charge in [0.25, 0.3) is 5.91 Å². The molecule has 0 bridgehead atoms. The molecule has 9 heteroatoms. The molecule has 21 heavy (non-hydrogen) atoms. The van der Waals surface area contributed by atoms with Crippen molar-refractivity contribution >= 4 is 27.8 Å². The van der Waals surface area contributed by atoms with Gasteiger partial charge in [0.05, 0.1) is 7.11 Å². The van der Waals surface area contributed by atoms with Crippen molar-refractivity contribution in [1.29, 1.82) is 0 Å². The molecule has 8 nitrogen and oxygen atoms in total. The normalized spacial score (nSPS) is 10.2. The van der Waals surface area contributed by atoms with Gasteiger partial charge in [-0.25, -0.2) is 4.79 Å². The van der Waals surface area contributed by atoms with Gasteiger partial charge in [0.15, 0.2) is 12.3 Å². The minimum atomic E-state index is -0.724. The van der Waals surface area contributed by atoms with Crippen LogP contribution in [0.4, 0.5) is 0 Å². The first kappa shape index (κ1) is 15.0. The largest absolute Gasteiger partial charge is 0.481 e. The lowest BCUT2D eigenvalue weighted by atomic mass is 10.1. The Morgan fingerprint density at radius 3 is 2.81 bits per heavy atom. The minimum absolute atomic E-state index is 0.0176. The van der Waals surface area contributed by atoms with E-state index in [9.17, 15) is 9.59 Å². The number of esters is 1. The summed E-state index contributed by atoms with van der Waals surface area (Å²) in [6, 6.07) is 5.03. The van der Waals surface area contributed by atoms with Crippen molar-refractivity contribution in [3.05, 3.63) is 28.4 Å². The van der Waals surface area contributed by atoms with Crippen molar-refractivity contribution in [1.82, 2.24) is 15.4 Å². The number of primary amides is 1. The van der Waals surface area contributed by atoms with Crippen molar-refractivity contribution < 1.29 is 19.1 Å². The predicted molar refractivity (Wildman–Crippen MR) is 75.5 cm³/mol. The van der Waals surface area contributed by atoms with E-state index in [-0.39, 0.29) is 18.0 Å². The fourth-order valence-corrected chi connectivity index (χ4v) is 1.96. The number of carbonyl (C=O) groups excluding carboxylic acids is 2. The van der Waals surface area contributed by atoms with Crippen LogP contribution in [0.5, 0.6) is 5.75 Å². The van der Waals surface area contributed by atoms with Crippen molar-refractivity contribution in [3.63, 3.8) is 0 Å². The number of nitrogens with two attached hydrogens (primary N) is 1. The Morgan fingerprint density at radius 2 is 2.14 bits per heavy atom. The SMILES string of the molecule is COC(=O)COc1ccc(Br)cc1-c1n[nH]nc1C(N)=O. The molecule has 0 atom stereocenters. The summed E-state index contributed by atoms with van der Waals surface area (Å²) in [5.41, 5.74) is 5.93. The zero-order valence-electron chi connectivity index (χ0n) is 10.9. The Labute approximate surface area is 127 Å². The summed E-state index contributed by atoms with van der Waals surface area (Å²) in [6.07, 6.45) is 0. The number of nitrogens with zero attached hydrogens (tertiary/aromatic N) is 2. The molecule has 3 N–H and O–H groups in total. The van der Waals surface area contributed by atoms with Gasteiger partial charge in [0.1, 0.15) is 11.4 Å². The average Bonchev–Trinajstić information content (AvgIpc) is 2.95. The quantitative estimate of drug-likeness (QED) is 0.769. The smallest absolute Gasteiger partial charge is 0.343 e. The lowest BCUT2D eigenvalue weighted by Crippen LogP contribution is -2.14. The fourth-order valence-electron chi connectivity index (χ4n) is 1.60. The minimum Gasteiger partial charge on any atom is -0.481 e. The molecule has 0 aliphatic heterocycles. The third-order valence-electron chi connectivity index (χ3n) is 2.55. The lowest BCUT2D eigenvalue weighted by Gasteiger charge is -2.10. The molecule has 1 aromatic carbocycles. The first-order chi connectivity index (χ1) is 10.0. The molecule has 0 saturated heterocycles. The molecule has 1 amide bonds. The van der Waals surface area contributed by atoms with Crippen molar-refractivity contribution in [2.45, 2.75) is 0 Å². The van der Waals surface area contributed by atoms with E-state index < -0.39 is 11.9 Å². The van der Waals surface area contributed by atoms with Gasteiger partial charge in [-0.05, 0) is 18.2 Å². The molecule has 0 saturated carbocycles. The highest BCUT2D eigenvalue weighted by Crippen LogP contribution is 2.32. The molecular weight excluding hydrogens is 344 g/mol. The van der Waals surface area contributed by atoms with Crippen LogP contribution in [0.3, 0.4) is 0 Å². The predicted octanol–water partition coefficient (Wildman–Crippen LogP) is 0.885. The van der Waals surface area contributed by atoms with Crippen LogP contribution in [-0.2, 0) is 9.53 Å². The lowest BCUT2D eigenvalue weighted by molar-refractivity contribution is -0.142. The summed E-state index contributed by atoms with van der Waals surface area (Å²) in [5, 5.41) is 9.94. The number of hydrogen-bond acceptors (Lipinski definition) is 6. The van der Waals surface area contributed by atoms with Crippen molar-refractivity contribution in [2.75, 3.05) is 13.7 Å². The maximum atomic E-state index is 11.3. The molecule has 0 unspecified atom stereocenters. The number of H-pyrrole nitrogens is 1. The van der Waals surface area contributed by atoms with Crippen LogP contribution in [0.2, 0.25) is 0 Å². The number of nitrogens with one attached hydrogen (secondary N) is 1. The van der Waals surface area contributed by atoms with Gasteiger partial charge in [-0.1, -0.05) is 15.9 Å². The zero-order valence-corrected chi connectivity index (χ0v) is 12.5. The van der Waals surface area contributed by atoms with Gasteiger partial charge < -0.3 is 15.2 Å². The van der Waals surface area contributed by atoms with Crippen LogP contribution in [0.15, 0.2) is 22.7 Å². The molecule has 1 heterocycles. The number of halogens is 1. The zero-order chi connectivity index (χ0) is 15.4. The number of carbonyl (C=O) groups is 2. The number of rotatable bonds is 5. The van der Waals surface area contributed by atoms with E-state index in [4.69, 9.17) is 10.5 Å². The van der Waals surface area contributed by atoms with E-state index in [1.807, 2.05) is 0 Å². The van der Waals surface area contributed by atoms with Gasteiger partial charge in [-0.3, -0.25) is 4.79 Å². The van der Waals surface area contributed by atoms with Gasteiger partial charge in [-0.2, -0.15) is 15.4 Å². The maximum absolute atomic E-state index is 11.3. The first-order valence-electron chi connectivity index (χ1n) is 5.73. The Hall–Kier alpha value is -2.42. The van der Waals surface area contributed by atoms with Crippen LogP contribution >= 0.6 is 15.9 Å². The monoisotopic (exact) mass is 354 g/mol. The Bertz CT molecular complexity index is 686. The summed E-state index contributed by atoms with van der Waals surface area (Å²) in [6.45, 7) is -0.269. The topological polar surface area (TPSA) is 120 Å². The van der Waals surface area contributed by atoms with E-state index in [1.165, 1.54) is 7.11 Å². The number of amides is 1. The molecule has 2 aromatic rings. The molecule has 0 aliphatic rings. The second-order valence-electron chi connectivity index (χ2n) is 3.89. The summed E-state index contributed by atoms with van der Waals surface area (Å²) < 4.78 is 10.6. The Morgan fingerprint density at radius 1 is 1.38 bits per heavy atom. The summed E-state index contributed by atoms with van der Waals surface area (Å²) in [7, 11) is 1.26. The fraction of sp³-hybridized carbons (Fsp3) is 0.167. The molecule has 110 valence electrons. The van der Waals surface area contributed by atoms with E-state index >= 15 is 0 Å². The van der Waals surface area contributed by atoms with Crippen molar-refractivity contribution in [3.8, 4) is 17.0 Å². The molecular formula is C12H11BrN4O4. The number of benzene rings is 1. The first-order valence-corrected chi connectivity index (χ1v) is 6.52. The second kappa shape index (κ2) is 6.35. The van der Waals surface area contributed by atoms with Crippen LogP contribution in [0, 0.1) is 0 Å². The standard InChI is InChI=1S/C12H11BrN4O4/c1-20-9(18)5-21-8-3-2-6(13)4-7(8)10-11(12(14)19)16-17-15-10/h2-4H,5H2,1H3,(H2,14,19)(H,15,16,17). The summed E-state index contributed by atoms with van der Waals surface area (Å²) >= 11 is 3.32. The highest BCUT2D eigenvalue weighted by molar-refractivity contribution is 9.10. The van der Waals surface area contributed by atoms with E-state index in [0.29, 0.717) is 11.3 Å². The van der Waals surface area contributed by atoms with Crippen LogP contribution in [0.25, 0.3) is 11.3 Å². The van der Waals surface area contributed by atoms with Gasteiger partial charge in [0.2, 0.25) is 0 Å². The van der Waals surface area contributed by atoms with Crippen LogP contribution in [-0.4, -0.2) is 41.0 Å². The highest BCUT2D eigenvalue weighted by Gasteiger charge is 2.19. The number of hydrogen-bond donors (Lipinski definition) is 2. The molecule has 1 aromatic heterocycles. The van der Waals surface area contributed by atoms with Gasteiger partial charge in [-0.15, -0.1) is 0 Å². The maximum Gasteiger partial charge on any atom is 0.343 e. The number of aromatic amines is 1. The van der Waals surface area contributed by atoms with Crippen LogP contribution in [0.1, 0.15) is 10.5 Å². The van der Waals surface area contributed by atoms with E-state index in [2.05, 4.69) is 36.1 Å². The Kier molecular flexibility index (Phi) is 4.53. The molecule has 2 rings (SSSR count). The third kappa shape index (κ3) is 3.37. The second-order valence-corrected chi connectivity index (χ2v) is 4.81. The summed E-state index contributed by atoms with van der Waals surface area (Å²) in [4.78, 5) is 22.5. The molecule has 0 radical (unpaired) electrons. The highest BCUT2D eigenvalue weighted by atomic mass is 79.9. The number of aromatic nitrogens is 3. The number of ether oxygens (including phenoxy) is 2. The van der Waals surface area contributed by atoms with Crippen molar-refractivity contribution in [2.24, 2.45) is 5.73 Å². The molecule has 0 spiro atoms. The number of methoxy groups -OCH3 is 1. The molecule has 0 fully saturated rings. The van der Waals surface area contributed by atoms with Crippen LogP contribution < -0.4 is 10.5 Å². The summed E-state index contributed by atoms with van der Waals surface area (Å²) in [5.74, 6) is -0.906. The van der Waals surface area contributed by atoms with E-state index in [0.717, 1.165) is 4.47 Å². The average molecular weight is 355 g/mol. The third-order valence-corrected chi connectivity index (χ3v) is 3.04. The van der Waals surface area contributed by atoms with Gasteiger partial charge >= 0.3 is 5.97 Å². The Balaban J connectivity index is 2.41.